The van der Waals surface area contributed by atoms with E-state index in [0.29, 0.717) is 23.9 Å². The van der Waals surface area contributed by atoms with Gasteiger partial charge in [0.05, 0.1) is 10.6 Å². The van der Waals surface area contributed by atoms with Crippen molar-refractivity contribution in [2.45, 2.75) is 6.92 Å². The molecule has 1 N–H and O–H groups in total. The van der Waals surface area contributed by atoms with Crippen LogP contribution in [-0.4, -0.2) is 64.9 Å². The van der Waals surface area contributed by atoms with Crippen LogP contribution in [0, 0.1) is 6.92 Å². The lowest BCUT2D eigenvalue weighted by Crippen LogP contribution is -2.41. The van der Waals surface area contributed by atoms with Crippen LogP contribution >= 0.6 is 11.3 Å². The minimum Gasteiger partial charge on any atom is -0.327 e. The van der Waals surface area contributed by atoms with Crippen LogP contribution in [0.1, 0.15) is 15.2 Å². The van der Waals surface area contributed by atoms with Crippen molar-refractivity contribution in [2.75, 3.05) is 39.0 Å². The highest BCUT2D eigenvalue weighted by atomic mass is 32.1. The molecular weight excluding hydrogens is 458 g/mol. The van der Waals surface area contributed by atoms with Crippen LogP contribution in [-0.2, 0) is 4.79 Å². The molecule has 0 saturated heterocycles. The molecule has 0 radical (unpaired) electrons. The number of nitrogens with zero attached hydrogens (tertiary/aromatic N) is 4. The topological polar surface area (TPSA) is 70.5 Å². The third-order valence-corrected chi connectivity index (χ3v) is 6.37. The van der Waals surface area contributed by atoms with Crippen molar-refractivity contribution < 1.29 is 9.59 Å². The van der Waals surface area contributed by atoms with Gasteiger partial charge < -0.3 is 9.80 Å². The Morgan fingerprint density at radius 2 is 1.71 bits per heavy atom. The third-order valence-electron chi connectivity index (χ3n) is 5.51. The monoisotopic (exact) mass is 487 g/mol. The molecule has 4 aromatic rings. The van der Waals surface area contributed by atoms with Crippen molar-refractivity contribution >= 4 is 29.1 Å². The Bertz CT molecular complexity index is 1260. The molecule has 2 aromatic carbocycles. The fraction of sp³-hybridized carbons (Fsp3) is 0.222. The van der Waals surface area contributed by atoms with Crippen LogP contribution in [0.3, 0.4) is 0 Å². The van der Waals surface area contributed by atoms with Crippen molar-refractivity contribution in [1.29, 1.82) is 0 Å². The molecule has 35 heavy (non-hydrogen) atoms. The quantitative estimate of drug-likeness (QED) is 0.376. The Morgan fingerprint density at radius 3 is 2.37 bits per heavy atom. The van der Waals surface area contributed by atoms with Gasteiger partial charge in [-0.3, -0.25) is 19.5 Å². The lowest BCUT2D eigenvalue weighted by molar-refractivity contribution is -0.117. The normalized spacial score (nSPS) is 11.0. The predicted octanol–water partition coefficient (Wildman–Crippen LogP) is 4.55. The molecule has 0 atom stereocenters. The summed E-state index contributed by atoms with van der Waals surface area (Å²) in [5.74, 6) is -0.0371. The molecule has 0 bridgehead atoms. The van der Waals surface area contributed by atoms with E-state index in [4.69, 9.17) is 4.98 Å². The number of aromatic nitrogens is 2. The molecule has 2 amide bonds. The van der Waals surface area contributed by atoms with Gasteiger partial charge in [-0.25, -0.2) is 4.98 Å². The van der Waals surface area contributed by atoms with Crippen LogP contribution in [0.4, 0.5) is 5.95 Å². The van der Waals surface area contributed by atoms with Gasteiger partial charge in [0.15, 0.2) is 0 Å². The number of thiophene rings is 1. The number of anilines is 1. The minimum absolute atomic E-state index is 0.0635. The van der Waals surface area contributed by atoms with Crippen LogP contribution < -0.4 is 5.32 Å². The lowest BCUT2D eigenvalue weighted by atomic mass is 10.2. The summed E-state index contributed by atoms with van der Waals surface area (Å²) in [4.78, 5) is 35.1. The lowest BCUT2D eigenvalue weighted by Gasteiger charge is -2.23. The van der Waals surface area contributed by atoms with E-state index in [1.165, 1.54) is 11.3 Å². The van der Waals surface area contributed by atoms with E-state index in [-0.39, 0.29) is 18.4 Å². The number of benzene rings is 2. The SMILES string of the molecule is Cc1ccc(-n2cc(-c3ccccc3)nc2NC(=O)CN(CCN(C)C)C(=O)c2cccs2)cc1. The average molecular weight is 488 g/mol. The second-order valence-electron chi connectivity index (χ2n) is 8.58. The van der Waals surface area contributed by atoms with Crippen molar-refractivity contribution in [3.8, 4) is 16.9 Å². The Morgan fingerprint density at radius 1 is 0.971 bits per heavy atom. The van der Waals surface area contributed by atoms with Gasteiger partial charge in [0, 0.05) is 30.5 Å². The molecule has 180 valence electrons. The first-order chi connectivity index (χ1) is 16.9. The van der Waals surface area contributed by atoms with Crippen LogP contribution in [0.15, 0.2) is 78.3 Å². The predicted molar refractivity (Wildman–Crippen MR) is 141 cm³/mol. The fourth-order valence-electron chi connectivity index (χ4n) is 3.59. The van der Waals surface area contributed by atoms with Gasteiger partial charge in [-0.05, 0) is 44.6 Å². The molecule has 0 saturated carbocycles. The largest absolute Gasteiger partial charge is 0.327 e. The summed E-state index contributed by atoms with van der Waals surface area (Å²) in [6, 6.07) is 21.5. The molecule has 0 aliphatic heterocycles. The van der Waals surface area contributed by atoms with Gasteiger partial charge in [-0.1, -0.05) is 54.1 Å². The summed E-state index contributed by atoms with van der Waals surface area (Å²) < 4.78 is 1.87. The molecule has 0 spiro atoms. The van der Waals surface area contributed by atoms with Gasteiger partial charge >= 0.3 is 0 Å². The summed E-state index contributed by atoms with van der Waals surface area (Å²) in [7, 11) is 3.88. The number of carbonyl (C=O) groups is 2. The number of amides is 2. The Balaban J connectivity index is 1.59. The van der Waals surface area contributed by atoms with Gasteiger partial charge in [0.25, 0.3) is 5.91 Å². The average Bonchev–Trinajstić information content (AvgIpc) is 3.53. The zero-order valence-corrected chi connectivity index (χ0v) is 21.0. The van der Waals surface area contributed by atoms with E-state index in [1.807, 2.05) is 103 Å². The highest BCUT2D eigenvalue weighted by Crippen LogP contribution is 2.24. The molecule has 8 heteroatoms. The number of hydrogen-bond donors (Lipinski definition) is 1. The fourth-order valence-corrected chi connectivity index (χ4v) is 4.28. The van der Waals surface area contributed by atoms with E-state index in [0.717, 1.165) is 22.5 Å². The molecule has 0 unspecified atom stereocenters. The van der Waals surface area contributed by atoms with Crippen molar-refractivity contribution in [3.05, 3.63) is 88.7 Å². The number of nitrogens with one attached hydrogen (secondary N) is 1. The summed E-state index contributed by atoms with van der Waals surface area (Å²) in [6.07, 6.45) is 1.91. The van der Waals surface area contributed by atoms with Crippen LogP contribution in [0.5, 0.6) is 0 Å². The maximum atomic E-state index is 13.2. The number of likely N-dealkylation sites (N-methyl/N-ethyl adjacent to an activating group) is 1. The maximum absolute atomic E-state index is 13.2. The van der Waals surface area contributed by atoms with E-state index in [1.54, 1.807) is 11.0 Å². The number of carbonyl (C=O) groups excluding carboxylic acids is 2. The first kappa shape index (κ1) is 24.4. The summed E-state index contributed by atoms with van der Waals surface area (Å²) in [5.41, 5.74) is 3.74. The first-order valence-corrected chi connectivity index (χ1v) is 12.3. The van der Waals surface area contributed by atoms with E-state index in [9.17, 15) is 9.59 Å². The van der Waals surface area contributed by atoms with E-state index >= 15 is 0 Å². The molecule has 4 rings (SSSR count). The molecule has 0 fully saturated rings. The molecule has 7 nitrogen and oxygen atoms in total. The third kappa shape index (κ3) is 6.23. The van der Waals surface area contributed by atoms with E-state index in [2.05, 4.69) is 5.32 Å². The van der Waals surface area contributed by atoms with Crippen LogP contribution in [0.25, 0.3) is 16.9 Å². The highest BCUT2D eigenvalue weighted by molar-refractivity contribution is 7.12. The van der Waals surface area contributed by atoms with Crippen molar-refractivity contribution in [1.82, 2.24) is 19.4 Å². The van der Waals surface area contributed by atoms with Gasteiger partial charge in [0.2, 0.25) is 11.9 Å². The second-order valence-corrected chi connectivity index (χ2v) is 9.52. The van der Waals surface area contributed by atoms with Crippen molar-refractivity contribution in [3.63, 3.8) is 0 Å². The number of rotatable bonds is 9. The van der Waals surface area contributed by atoms with E-state index < -0.39 is 0 Å². The molecule has 2 heterocycles. The van der Waals surface area contributed by atoms with Crippen LogP contribution in [0.2, 0.25) is 0 Å². The second kappa shape index (κ2) is 11.1. The Kier molecular flexibility index (Phi) is 7.74. The zero-order valence-electron chi connectivity index (χ0n) is 20.1. The first-order valence-electron chi connectivity index (χ1n) is 11.4. The molecule has 2 aromatic heterocycles. The molecule has 0 aliphatic rings. The number of hydrogen-bond acceptors (Lipinski definition) is 5. The summed E-state index contributed by atoms with van der Waals surface area (Å²) in [6.45, 7) is 3.06. The Hall–Kier alpha value is -3.75. The Labute approximate surface area is 209 Å². The smallest absolute Gasteiger partial charge is 0.264 e. The molecular formula is C27H29N5O2S. The molecule has 0 aliphatic carbocycles. The number of imidazole rings is 1. The van der Waals surface area contributed by atoms with Gasteiger partial charge in [-0.15, -0.1) is 11.3 Å². The maximum Gasteiger partial charge on any atom is 0.264 e. The summed E-state index contributed by atoms with van der Waals surface area (Å²) in [5, 5.41) is 4.80. The summed E-state index contributed by atoms with van der Waals surface area (Å²) >= 11 is 1.37. The standard InChI is InChI=1S/C27H29N5O2S/c1-20-11-13-22(14-12-20)32-18-23(21-8-5-4-6-9-21)28-27(32)29-25(33)19-31(16-15-30(2)3)26(34)24-10-7-17-35-24/h4-14,17-18H,15-16,19H2,1-3H3,(H,28,29,33). The highest BCUT2D eigenvalue weighted by Gasteiger charge is 2.21. The van der Waals surface area contributed by atoms with Crippen molar-refractivity contribution in [2.24, 2.45) is 0 Å². The minimum atomic E-state index is -0.299. The van der Waals surface area contributed by atoms with Gasteiger partial charge in [0.1, 0.15) is 6.54 Å². The number of aryl methyl sites for hydroxylation is 1. The van der Waals surface area contributed by atoms with Gasteiger partial charge in [-0.2, -0.15) is 0 Å². The zero-order chi connectivity index (χ0) is 24.8.